The van der Waals surface area contributed by atoms with Gasteiger partial charge < -0.3 is 15.2 Å². The van der Waals surface area contributed by atoms with Crippen molar-refractivity contribution in [1.82, 2.24) is 4.98 Å². The molecule has 3 rings (SSSR count). The van der Waals surface area contributed by atoms with E-state index in [0.29, 0.717) is 12.5 Å². The van der Waals surface area contributed by atoms with Crippen molar-refractivity contribution in [1.29, 1.82) is 0 Å². The number of aromatic nitrogens is 1. The van der Waals surface area contributed by atoms with Crippen LogP contribution in [-0.2, 0) is 24.1 Å². The van der Waals surface area contributed by atoms with Crippen LogP contribution in [0.5, 0.6) is 5.88 Å². The van der Waals surface area contributed by atoms with Crippen molar-refractivity contribution in [2.45, 2.75) is 38.6 Å². The number of aryl methyl sites for hydroxylation is 2. The van der Waals surface area contributed by atoms with E-state index in [1.54, 1.807) is 0 Å². The van der Waals surface area contributed by atoms with Crippen LogP contribution in [0.3, 0.4) is 0 Å². The molecule has 1 aromatic rings. The molecular weight excluding hydrogens is 240 g/mol. The van der Waals surface area contributed by atoms with Crippen molar-refractivity contribution >= 4 is 0 Å². The average Bonchev–Trinajstić information content (AvgIpc) is 2.92. The number of rotatable bonds is 4. The van der Waals surface area contributed by atoms with Crippen molar-refractivity contribution in [2.75, 3.05) is 19.8 Å². The molecular formula is C15H22N2O2. The van der Waals surface area contributed by atoms with Crippen LogP contribution in [0, 0.1) is 5.92 Å². The van der Waals surface area contributed by atoms with Crippen LogP contribution in [0.25, 0.3) is 0 Å². The third-order valence-electron chi connectivity index (χ3n) is 4.11. The Morgan fingerprint density at radius 1 is 1.32 bits per heavy atom. The molecule has 0 amide bonds. The summed E-state index contributed by atoms with van der Waals surface area (Å²) in [6.07, 6.45) is 5.59. The fraction of sp³-hybridized carbons (Fsp3) is 0.667. The van der Waals surface area contributed by atoms with Crippen LogP contribution < -0.4 is 10.5 Å². The van der Waals surface area contributed by atoms with E-state index in [4.69, 9.17) is 15.2 Å². The van der Waals surface area contributed by atoms with Gasteiger partial charge >= 0.3 is 0 Å². The van der Waals surface area contributed by atoms with Gasteiger partial charge in [-0.25, -0.2) is 4.98 Å². The van der Waals surface area contributed by atoms with Crippen molar-refractivity contribution in [3.63, 3.8) is 0 Å². The molecule has 0 atom stereocenters. The van der Waals surface area contributed by atoms with E-state index in [-0.39, 0.29) is 0 Å². The molecule has 0 unspecified atom stereocenters. The van der Waals surface area contributed by atoms with E-state index in [1.807, 2.05) is 0 Å². The van der Waals surface area contributed by atoms with Gasteiger partial charge in [-0.2, -0.15) is 0 Å². The van der Waals surface area contributed by atoms with Gasteiger partial charge in [0.25, 0.3) is 0 Å². The van der Waals surface area contributed by atoms with Crippen LogP contribution >= 0.6 is 0 Å². The topological polar surface area (TPSA) is 57.4 Å². The predicted octanol–water partition coefficient (Wildman–Crippen LogP) is 1.83. The molecule has 104 valence electrons. The van der Waals surface area contributed by atoms with E-state index >= 15 is 0 Å². The summed E-state index contributed by atoms with van der Waals surface area (Å²) < 4.78 is 11.3. The van der Waals surface area contributed by atoms with E-state index in [1.165, 1.54) is 17.7 Å². The quantitative estimate of drug-likeness (QED) is 0.899. The van der Waals surface area contributed by atoms with E-state index in [2.05, 4.69) is 11.1 Å². The summed E-state index contributed by atoms with van der Waals surface area (Å²) in [5.41, 5.74) is 9.43. The number of nitrogens with two attached hydrogens (primary N) is 1. The zero-order valence-electron chi connectivity index (χ0n) is 11.4. The maximum absolute atomic E-state index is 5.95. The van der Waals surface area contributed by atoms with Gasteiger partial charge in [-0.1, -0.05) is 0 Å². The van der Waals surface area contributed by atoms with Crippen LogP contribution in [-0.4, -0.2) is 24.8 Å². The molecule has 1 aliphatic heterocycles. The molecule has 2 aliphatic rings. The summed E-state index contributed by atoms with van der Waals surface area (Å²) in [6, 6.07) is 2.19. The normalized spacial score (nSPS) is 19.4. The molecule has 1 aromatic heterocycles. The van der Waals surface area contributed by atoms with Gasteiger partial charge in [0.05, 0.1) is 6.61 Å². The first-order valence-electron chi connectivity index (χ1n) is 7.29. The summed E-state index contributed by atoms with van der Waals surface area (Å²) in [6.45, 7) is 2.95. The third kappa shape index (κ3) is 2.90. The highest BCUT2D eigenvalue weighted by molar-refractivity contribution is 5.36. The van der Waals surface area contributed by atoms with Crippen molar-refractivity contribution in [3.05, 3.63) is 22.9 Å². The number of ether oxygens (including phenoxy) is 2. The Balaban J connectivity index is 1.69. The Morgan fingerprint density at radius 2 is 2.16 bits per heavy atom. The lowest BCUT2D eigenvalue weighted by Crippen LogP contribution is -2.22. The van der Waals surface area contributed by atoms with Gasteiger partial charge in [0, 0.05) is 31.0 Å². The first kappa shape index (κ1) is 12.9. The van der Waals surface area contributed by atoms with E-state index < -0.39 is 0 Å². The monoisotopic (exact) mass is 262 g/mol. The number of hydrogen-bond donors (Lipinski definition) is 1. The number of hydrogen-bond acceptors (Lipinski definition) is 4. The van der Waals surface area contributed by atoms with Crippen LogP contribution in [0.1, 0.15) is 36.1 Å². The predicted molar refractivity (Wildman–Crippen MR) is 73.2 cm³/mol. The SMILES string of the molecule is NCc1cc2c(nc1OCC1CCOCC1)CCC2. The second-order valence-electron chi connectivity index (χ2n) is 5.48. The zero-order valence-corrected chi connectivity index (χ0v) is 11.4. The molecule has 1 saturated heterocycles. The lowest BCUT2D eigenvalue weighted by atomic mass is 10.0. The average molecular weight is 262 g/mol. The summed E-state index contributed by atoms with van der Waals surface area (Å²) in [4.78, 5) is 4.67. The standard InChI is InChI=1S/C15H22N2O2/c16-9-13-8-12-2-1-3-14(12)17-15(13)19-10-11-4-6-18-7-5-11/h8,11H,1-7,9-10,16H2. The van der Waals surface area contributed by atoms with Gasteiger partial charge in [0.1, 0.15) is 0 Å². The Kier molecular flexibility index (Phi) is 3.99. The number of pyridine rings is 1. The lowest BCUT2D eigenvalue weighted by molar-refractivity contribution is 0.0488. The zero-order chi connectivity index (χ0) is 13.1. The van der Waals surface area contributed by atoms with Crippen LogP contribution in [0.15, 0.2) is 6.07 Å². The van der Waals surface area contributed by atoms with Crippen LogP contribution in [0.4, 0.5) is 0 Å². The highest BCUT2D eigenvalue weighted by Crippen LogP contribution is 2.27. The number of fused-ring (bicyclic) bond motifs is 1. The number of nitrogens with zero attached hydrogens (tertiary/aromatic N) is 1. The summed E-state index contributed by atoms with van der Waals surface area (Å²) in [7, 11) is 0. The Labute approximate surface area is 114 Å². The molecule has 19 heavy (non-hydrogen) atoms. The van der Waals surface area contributed by atoms with Gasteiger partial charge in [-0.15, -0.1) is 0 Å². The minimum atomic E-state index is 0.503. The maximum Gasteiger partial charge on any atom is 0.218 e. The molecule has 0 saturated carbocycles. The van der Waals surface area contributed by atoms with Crippen molar-refractivity contribution in [2.24, 2.45) is 11.7 Å². The summed E-state index contributed by atoms with van der Waals surface area (Å²) in [5.74, 6) is 1.35. The maximum atomic E-state index is 5.95. The first-order valence-corrected chi connectivity index (χ1v) is 7.29. The molecule has 4 nitrogen and oxygen atoms in total. The fourth-order valence-electron chi connectivity index (χ4n) is 2.88. The smallest absolute Gasteiger partial charge is 0.218 e. The molecule has 2 heterocycles. The largest absolute Gasteiger partial charge is 0.477 e. The molecule has 0 bridgehead atoms. The Bertz CT molecular complexity index is 442. The molecule has 1 fully saturated rings. The minimum Gasteiger partial charge on any atom is -0.477 e. The van der Waals surface area contributed by atoms with E-state index in [0.717, 1.165) is 56.9 Å². The molecule has 0 radical (unpaired) electrons. The second kappa shape index (κ2) is 5.88. The van der Waals surface area contributed by atoms with Crippen molar-refractivity contribution in [3.8, 4) is 5.88 Å². The van der Waals surface area contributed by atoms with Gasteiger partial charge in [0.15, 0.2) is 0 Å². The highest BCUT2D eigenvalue weighted by atomic mass is 16.5. The van der Waals surface area contributed by atoms with Gasteiger partial charge in [-0.05, 0) is 49.7 Å². The lowest BCUT2D eigenvalue weighted by Gasteiger charge is -2.22. The molecule has 0 spiro atoms. The van der Waals surface area contributed by atoms with Crippen LogP contribution in [0.2, 0.25) is 0 Å². The van der Waals surface area contributed by atoms with Crippen molar-refractivity contribution < 1.29 is 9.47 Å². The van der Waals surface area contributed by atoms with E-state index in [9.17, 15) is 0 Å². The highest BCUT2D eigenvalue weighted by Gasteiger charge is 2.19. The van der Waals surface area contributed by atoms with Gasteiger partial charge in [-0.3, -0.25) is 0 Å². The summed E-state index contributed by atoms with van der Waals surface area (Å²) in [5, 5.41) is 0. The minimum absolute atomic E-state index is 0.503. The third-order valence-corrected chi connectivity index (χ3v) is 4.11. The molecule has 2 N–H and O–H groups in total. The Morgan fingerprint density at radius 3 is 2.95 bits per heavy atom. The second-order valence-corrected chi connectivity index (χ2v) is 5.48. The fourth-order valence-corrected chi connectivity index (χ4v) is 2.88. The Hall–Kier alpha value is -1.13. The molecule has 0 aromatic carbocycles. The first-order chi connectivity index (χ1) is 9.36. The van der Waals surface area contributed by atoms with Gasteiger partial charge in [0.2, 0.25) is 5.88 Å². The molecule has 1 aliphatic carbocycles. The summed E-state index contributed by atoms with van der Waals surface area (Å²) >= 11 is 0. The molecule has 4 heteroatoms.